The second-order valence-corrected chi connectivity index (χ2v) is 6.60. The highest BCUT2D eigenvalue weighted by Gasteiger charge is 2.49. The van der Waals surface area contributed by atoms with Crippen LogP contribution >= 0.6 is 0 Å². The maximum atomic E-state index is 12.0. The van der Waals surface area contributed by atoms with Gasteiger partial charge in [0.25, 0.3) is 0 Å². The predicted molar refractivity (Wildman–Crippen MR) is 88.2 cm³/mol. The van der Waals surface area contributed by atoms with Crippen LogP contribution in [0.1, 0.15) is 44.1 Å². The van der Waals surface area contributed by atoms with Gasteiger partial charge in [-0.1, -0.05) is 43.2 Å². The second kappa shape index (κ2) is 7.59. The van der Waals surface area contributed by atoms with E-state index in [2.05, 4.69) is 0 Å². The highest BCUT2D eigenvalue weighted by atomic mass is 16.3. The lowest BCUT2D eigenvalue weighted by molar-refractivity contribution is -0.140. The number of aliphatic hydroxyl groups excluding tert-OH is 1. The van der Waals surface area contributed by atoms with Crippen molar-refractivity contribution in [3.8, 4) is 0 Å². The summed E-state index contributed by atoms with van der Waals surface area (Å²) >= 11 is 0. The van der Waals surface area contributed by atoms with E-state index in [4.69, 9.17) is 11.5 Å². The van der Waals surface area contributed by atoms with Crippen molar-refractivity contribution >= 4 is 11.8 Å². The fraction of sp³-hybridized carbons (Fsp3) is 0.556. The summed E-state index contributed by atoms with van der Waals surface area (Å²) in [4.78, 5) is 23.9. The van der Waals surface area contributed by atoms with Crippen LogP contribution in [0.3, 0.4) is 0 Å². The molecule has 1 aromatic carbocycles. The molecule has 1 fully saturated rings. The van der Waals surface area contributed by atoms with Crippen LogP contribution in [0.5, 0.6) is 0 Å². The third-order valence-corrected chi connectivity index (χ3v) is 5.11. The van der Waals surface area contributed by atoms with Crippen LogP contribution in [0.15, 0.2) is 30.3 Å². The second-order valence-electron chi connectivity index (χ2n) is 6.60. The summed E-state index contributed by atoms with van der Waals surface area (Å²) in [5, 5.41) is 10.3. The number of carbonyl (C=O) groups is 2. The first-order valence-corrected chi connectivity index (χ1v) is 8.27. The topological polar surface area (TPSA) is 106 Å². The molecule has 2 rings (SSSR count). The molecule has 1 aliphatic rings. The van der Waals surface area contributed by atoms with Gasteiger partial charge in [0.1, 0.15) is 0 Å². The molecule has 0 aliphatic heterocycles. The average molecular weight is 318 g/mol. The van der Waals surface area contributed by atoms with Crippen LogP contribution in [0.2, 0.25) is 0 Å². The van der Waals surface area contributed by atoms with Gasteiger partial charge in [-0.15, -0.1) is 0 Å². The first-order valence-electron chi connectivity index (χ1n) is 8.27. The number of rotatable bonds is 8. The van der Waals surface area contributed by atoms with E-state index in [0.29, 0.717) is 19.3 Å². The van der Waals surface area contributed by atoms with Crippen LogP contribution < -0.4 is 11.5 Å². The molecule has 5 heteroatoms. The van der Waals surface area contributed by atoms with E-state index in [1.54, 1.807) is 0 Å². The molecule has 2 amide bonds. The summed E-state index contributed by atoms with van der Waals surface area (Å²) in [6, 6.07) is 9.85. The van der Waals surface area contributed by atoms with Crippen molar-refractivity contribution in [1.29, 1.82) is 0 Å². The van der Waals surface area contributed by atoms with Gasteiger partial charge in [0, 0.05) is 0 Å². The van der Waals surface area contributed by atoms with Gasteiger partial charge in [0.05, 0.1) is 17.4 Å². The first kappa shape index (κ1) is 17.5. The molecular formula is C18H26N2O3. The predicted octanol–water partition coefficient (Wildman–Crippen LogP) is 1.52. The molecule has 0 heterocycles. The molecule has 0 aromatic heterocycles. The van der Waals surface area contributed by atoms with Crippen molar-refractivity contribution < 1.29 is 14.7 Å². The van der Waals surface area contributed by atoms with Crippen molar-refractivity contribution in [3.05, 3.63) is 35.9 Å². The van der Waals surface area contributed by atoms with E-state index >= 15 is 0 Å². The summed E-state index contributed by atoms with van der Waals surface area (Å²) in [6.45, 7) is 0. The Hall–Kier alpha value is -1.88. The van der Waals surface area contributed by atoms with Gasteiger partial charge < -0.3 is 16.6 Å². The zero-order valence-electron chi connectivity index (χ0n) is 13.4. The number of aliphatic hydroxyl groups is 1. The molecule has 0 saturated heterocycles. The fourth-order valence-electron chi connectivity index (χ4n) is 3.75. The Morgan fingerprint density at radius 2 is 1.74 bits per heavy atom. The maximum Gasteiger partial charge on any atom is 0.224 e. The number of nitrogens with two attached hydrogens (primary N) is 2. The van der Waals surface area contributed by atoms with Crippen molar-refractivity contribution in [2.24, 2.45) is 22.8 Å². The summed E-state index contributed by atoms with van der Waals surface area (Å²) < 4.78 is 0. The number of aryl methyl sites for hydroxylation is 1. The zero-order valence-corrected chi connectivity index (χ0v) is 13.4. The van der Waals surface area contributed by atoms with Crippen LogP contribution in [0.25, 0.3) is 0 Å². The lowest BCUT2D eigenvalue weighted by Gasteiger charge is -2.33. The quantitative estimate of drug-likeness (QED) is 0.676. The average Bonchev–Trinajstić information content (AvgIpc) is 3.02. The van der Waals surface area contributed by atoms with Gasteiger partial charge in [-0.05, 0) is 37.7 Å². The van der Waals surface area contributed by atoms with E-state index in [-0.39, 0.29) is 6.42 Å². The minimum Gasteiger partial charge on any atom is -0.393 e. The Bertz CT molecular complexity index is 538. The van der Waals surface area contributed by atoms with Crippen LogP contribution in [-0.2, 0) is 16.0 Å². The zero-order chi connectivity index (χ0) is 16.9. The monoisotopic (exact) mass is 318 g/mol. The molecule has 1 aliphatic carbocycles. The van der Waals surface area contributed by atoms with Crippen LogP contribution in [-0.4, -0.2) is 23.0 Å². The van der Waals surface area contributed by atoms with E-state index in [1.807, 2.05) is 30.3 Å². The van der Waals surface area contributed by atoms with Gasteiger partial charge in [-0.25, -0.2) is 0 Å². The Balaban J connectivity index is 2.01. The highest BCUT2D eigenvalue weighted by Crippen LogP contribution is 2.46. The Kier molecular flexibility index (Phi) is 5.77. The summed E-state index contributed by atoms with van der Waals surface area (Å²) in [6.07, 6.45) is 3.68. The summed E-state index contributed by atoms with van der Waals surface area (Å²) in [7, 11) is 0. The van der Waals surface area contributed by atoms with E-state index in [1.165, 1.54) is 0 Å². The minimum atomic E-state index is -0.875. The normalized spacial score (nSPS) is 19.2. The molecule has 5 N–H and O–H groups in total. The third kappa shape index (κ3) is 4.10. The molecule has 0 spiro atoms. The molecule has 0 bridgehead atoms. The van der Waals surface area contributed by atoms with Crippen LogP contribution in [0, 0.1) is 11.3 Å². The van der Waals surface area contributed by atoms with Crippen molar-refractivity contribution in [2.45, 2.75) is 51.0 Å². The third-order valence-electron chi connectivity index (χ3n) is 5.11. The Morgan fingerprint density at radius 1 is 1.13 bits per heavy atom. The minimum absolute atomic E-state index is 0.200. The largest absolute Gasteiger partial charge is 0.393 e. The van der Waals surface area contributed by atoms with Gasteiger partial charge in [0.15, 0.2) is 0 Å². The fourth-order valence-corrected chi connectivity index (χ4v) is 3.75. The van der Waals surface area contributed by atoms with Gasteiger partial charge in [0.2, 0.25) is 11.8 Å². The standard InChI is InChI=1S/C18H26N2O3/c19-16(22)15(18(17(20)23)10-4-5-11-18)12-14(21)9-8-13-6-2-1-3-7-13/h1-3,6-7,14-15,21H,4-5,8-12H2,(H2,19,22)(H2,20,23)/t14-,15+/m0/s1. The Morgan fingerprint density at radius 3 is 2.26 bits per heavy atom. The van der Waals surface area contributed by atoms with E-state index in [0.717, 1.165) is 24.8 Å². The molecule has 1 saturated carbocycles. The van der Waals surface area contributed by atoms with Crippen LogP contribution in [0.4, 0.5) is 0 Å². The Labute approximate surface area is 137 Å². The first-order chi connectivity index (χ1) is 11.0. The van der Waals surface area contributed by atoms with Crippen molar-refractivity contribution in [1.82, 2.24) is 0 Å². The number of hydrogen-bond donors (Lipinski definition) is 3. The van der Waals surface area contributed by atoms with E-state index < -0.39 is 29.3 Å². The SMILES string of the molecule is NC(=O)[C@@H](C[C@@H](O)CCc1ccccc1)C1(C(N)=O)CCCC1. The molecule has 5 nitrogen and oxygen atoms in total. The van der Waals surface area contributed by atoms with Gasteiger partial charge in [-0.2, -0.15) is 0 Å². The number of primary amides is 2. The number of amides is 2. The lowest BCUT2D eigenvalue weighted by Crippen LogP contribution is -2.48. The molecule has 1 aromatic rings. The van der Waals surface area contributed by atoms with Gasteiger partial charge >= 0.3 is 0 Å². The van der Waals surface area contributed by atoms with E-state index in [9.17, 15) is 14.7 Å². The number of benzene rings is 1. The molecule has 0 unspecified atom stereocenters. The molecule has 126 valence electrons. The number of carbonyl (C=O) groups excluding carboxylic acids is 2. The summed E-state index contributed by atoms with van der Waals surface area (Å²) in [5.41, 5.74) is 11.4. The maximum absolute atomic E-state index is 12.0. The molecule has 0 radical (unpaired) electrons. The van der Waals surface area contributed by atoms with Gasteiger partial charge in [-0.3, -0.25) is 9.59 Å². The van der Waals surface area contributed by atoms with Crippen molar-refractivity contribution in [2.75, 3.05) is 0 Å². The lowest BCUT2D eigenvalue weighted by atomic mass is 9.70. The highest BCUT2D eigenvalue weighted by molar-refractivity contribution is 5.89. The number of hydrogen-bond acceptors (Lipinski definition) is 3. The molecule has 2 atom stereocenters. The summed E-state index contributed by atoms with van der Waals surface area (Å²) in [5.74, 6) is -1.69. The molecule has 23 heavy (non-hydrogen) atoms. The smallest absolute Gasteiger partial charge is 0.224 e. The molecular weight excluding hydrogens is 292 g/mol. The van der Waals surface area contributed by atoms with Crippen molar-refractivity contribution in [3.63, 3.8) is 0 Å².